The maximum absolute atomic E-state index is 11.4. The molecule has 0 rings (SSSR count). The number of esters is 1. The summed E-state index contributed by atoms with van der Waals surface area (Å²) >= 11 is 0. The van der Waals surface area contributed by atoms with E-state index in [4.69, 9.17) is 4.74 Å². The van der Waals surface area contributed by atoms with Gasteiger partial charge in [-0.2, -0.15) is 26.3 Å². The first-order valence-corrected chi connectivity index (χ1v) is 8.91. The third-order valence-electron chi connectivity index (χ3n) is 1.71. The molecule has 0 aliphatic rings. The fraction of sp³-hybridized carbons (Fsp3) is 0.700. The number of alkyl halides is 6. The van der Waals surface area contributed by atoms with Gasteiger partial charge in [-0.1, -0.05) is 6.58 Å². The van der Waals surface area contributed by atoms with Crippen LogP contribution in [0.2, 0.25) is 0 Å². The topological polar surface area (TPSA) is 109 Å². The standard InChI is InChI=1S/C8H16NO2.C2F6NO4S2/c1-7(2)8(10)11-6-9(3,4)5;3-1(4,5)14(10,11)9-15(12,13)2(6,7)8/h1,6H2,2-5H3;/q+1;-1. The van der Waals surface area contributed by atoms with E-state index in [0.29, 0.717) is 16.8 Å². The number of hydrogen-bond acceptors (Lipinski definition) is 6. The summed E-state index contributed by atoms with van der Waals surface area (Å²) in [7, 11) is -7.59. The van der Waals surface area contributed by atoms with Crippen molar-refractivity contribution in [2.75, 3.05) is 27.9 Å². The molecule has 0 atom stereocenters. The summed E-state index contributed by atoms with van der Waals surface area (Å²) in [5, 5.41) is 0. The molecular weight excluding hydrogens is 422 g/mol. The summed E-state index contributed by atoms with van der Waals surface area (Å²) in [5.41, 5.74) is -12.0. The molecule has 0 amide bonds. The van der Waals surface area contributed by atoms with Gasteiger partial charge in [0, 0.05) is 5.57 Å². The second-order valence-corrected chi connectivity index (χ2v) is 8.97. The van der Waals surface area contributed by atoms with Crippen molar-refractivity contribution in [2.24, 2.45) is 0 Å². The number of nitrogens with zero attached hydrogens (tertiary/aromatic N) is 2. The van der Waals surface area contributed by atoms with E-state index < -0.39 is 31.1 Å². The Bertz CT molecular complexity index is 677. The molecule has 0 aliphatic carbocycles. The fourth-order valence-corrected chi connectivity index (χ4v) is 2.30. The molecule has 0 fully saturated rings. The lowest BCUT2D eigenvalue weighted by Crippen LogP contribution is -2.37. The van der Waals surface area contributed by atoms with E-state index in [1.54, 1.807) is 6.92 Å². The third kappa shape index (κ3) is 9.93. The van der Waals surface area contributed by atoms with Crippen LogP contribution < -0.4 is 0 Å². The molecule has 0 saturated heterocycles. The van der Waals surface area contributed by atoms with Gasteiger partial charge >= 0.3 is 17.0 Å². The maximum atomic E-state index is 11.4. The molecule has 0 bridgehead atoms. The normalized spacial score (nSPS) is 13.5. The Kier molecular flexibility index (Phi) is 8.81. The molecule has 0 aromatic heterocycles. The van der Waals surface area contributed by atoms with Crippen LogP contribution in [0, 0.1) is 0 Å². The molecule has 0 aromatic carbocycles. The highest BCUT2D eigenvalue weighted by Gasteiger charge is 2.46. The third-order valence-corrected chi connectivity index (χ3v) is 4.45. The minimum atomic E-state index is -6.72. The maximum Gasteiger partial charge on any atom is 0.480 e. The largest absolute Gasteiger partial charge is 0.480 e. The predicted molar refractivity (Wildman–Crippen MR) is 77.1 cm³/mol. The molecule has 26 heavy (non-hydrogen) atoms. The van der Waals surface area contributed by atoms with Crippen LogP contribution in [0.3, 0.4) is 0 Å². The molecule has 8 nitrogen and oxygen atoms in total. The highest BCUT2D eigenvalue weighted by atomic mass is 32.3. The minimum absolute atomic E-state index is 0.321. The van der Waals surface area contributed by atoms with Crippen molar-refractivity contribution in [1.82, 2.24) is 0 Å². The molecule has 0 aromatic rings. The van der Waals surface area contributed by atoms with Crippen molar-refractivity contribution in [3.63, 3.8) is 0 Å². The first kappa shape index (κ1) is 26.8. The Morgan fingerprint density at radius 1 is 0.962 bits per heavy atom. The van der Waals surface area contributed by atoms with Gasteiger partial charge in [-0.3, -0.25) is 4.48 Å². The first-order valence-electron chi connectivity index (χ1n) is 6.03. The molecule has 0 unspecified atom stereocenters. The number of rotatable bonds is 5. The monoisotopic (exact) mass is 438 g/mol. The van der Waals surface area contributed by atoms with Crippen LogP contribution >= 0.6 is 0 Å². The van der Waals surface area contributed by atoms with Gasteiger partial charge in [0.15, 0.2) is 20.0 Å². The number of carbonyl (C=O) groups excluding carboxylic acids is 1. The summed E-state index contributed by atoms with van der Waals surface area (Å²) in [4.78, 5) is 10.9. The number of quaternary nitrogens is 1. The van der Waals surface area contributed by atoms with Crippen molar-refractivity contribution in [3.05, 3.63) is 16.3 Å². The Hall–Kier alpha value is -1.39. The zero-order valence-corrected chi connectivity index (χ0v) is 15.5. The Morgan fingerprint density at radius 3 is 1.46 bits per heavy atom. The minimum Gasteiger partial charge on any atom is -0.421 e. The summed E-state index contributed by atoms with van der Waals surface area (Å²) < 4.78 is 115. The van der Waals surface area contributed by atoms with Crippen LogP contribution in [0.1, 0.15) is 6.92 Å². The molecule has 0 radical (unpaired) electrons. The lowest BCUT2D eigenvalue weighted by molar-refractivity contribution is -0.888. The molecular formula is C10H16F6N2O6S2. The highest BCUT2D eigenvalue weighted by Crippen LogP contribution is 2.36. The van der Waals surface area contributed by atoms with Gasteiger partial charge < -0.3 is 8.86 Å². The lowest BCUT2D eigenvalue weighted by Gasteiger charge is -2.22. The van der Waals surface area contributed by atoms with Crippen molar-refractivity contribution in [1.29, 1.82) is 0 Å². The summed E-state index contributed by atoms with van der Waals surface area (Å²) in [6, 6.07) is 0. The Morgan fingerprint density at radius 2 is 1.27 bits per heavy atom. The lowest BCUT2D eigenvalue weighted by atomic mass is 10.4. The zero-order valence-electron chi connectivity index (χ0n) is 13.8. The Balaban J connectivity index is 0. The van der Waals surface area contributed by atoms with Crippen molar-refractivity contribution in [2.45, 2.75) is 17.9 Å². The van der Waals surface area contributed by atoms with Gasteiger partial charge in [-0.25, -0.2) is 21.6 Å². The molecule has 156 valence electrons. The van der Waals surface area contributed by atoms with Crippen molar-refractivity contribution >= 4 is 26.0 Å². The number of carbonyl (C=O) groups is 1. The van der Waals surface area contributed by atoms with E-state index >= 15 is 0 Å². The quantitative estimate of drug-likeness (QED) is 0.213. The van der Waals surface area contributed by atoms with Crippen molar-refractivity contribution in [3.8, 4) is 0 Å². The SMILES string of the molecule is C=C(C)C(=O)OC[N+](C)(C)C.O=S(=O)([N-]S(=O)(=O)C(F)(F)F)C(F)(F)F. The van der Waals surface area contributed by atoms with Gasteiger partial charge in [0.1, 0.15) is 0 Å². The summed E-state index contributed by atoms with van der Waals surface area (Å²) in [6.07, 6.45) is 0. The van der Waals surface area contributed by atoms with Crippen LogP contribution in [0.25, 0.3) is 4.13 Å². The van der Waals surface area contributed by atoms with Gasteiger partial charge in [-0.15, -0.1) is 0 Å². The summed E-state index contributed by atoms with van der Waals surface area (Å²) in [6.45, 7) is 5.49. The van der Waals surface area contributed by atoms with Gasteiger partial charge in [0.05, 0.1) is 21.1 Å². The van der Waals surface area contributed by atoms with E-state index in [2.05, 4.69) is 6.58 Å². The van der Waals surface area contributed by atoms with Crippen LogP contribution in [-0.2, 0) is 29.6 Å². The van der Waals surface area contributed by atoms with E-state index in [1.807, 2.05) is 21.1 Å². The zero-order chi connectivity index (χ0) is 21.8. The average molecular weight is 438 g/mol. The number of halogens is 6. The molecule has 0 heterocycles. The van der Waals surface area contributed by atoms with Gasteiger partial charge in [0.25, 0.3) is 0 Å². The van der Waals surface area contributed by atoms with E-state index in [1.165, 1.54) is 0 Å². The molecule has 16 heteroatoms. The second kappa shape index (κ2) is 8.53. The molecule has 0 spiro atoms. The molecule has 0 N–H and O–H groups in total. The van der Waals surface area contributed by atoms with Gasteiger partial charge in [-0.05, 0) is 6.92 Å². The average Bonchev–Trinajstić information content (AvgIpc) is 2.31. The summed E-state index contributed by atoms with van der Waals surface area (Å²) in [5.74, 6) is -0.321. The second-order valence-electron chi connectivity index (χ2n) is 5.55. The van der Waals surface area contributed by atoms with Crippen LogP contribution in [0.5, 0.6) is 0 Å². The fourth-order valence-electron chi connectivity index (χ4n) is 0.589. The smallest absolute Gasteiger partial charge is 0.421 e. The molecule has 0 saturated carbocycles. The van der Waals surface area contributed by atoms with E-state index in [9.17, 15) is 48.0 Å². The molecule has 0 aliphatic heterocycles. The van der Waals surface area contributed by atoms with Crippen LogP contribution in [0.15, 0.2) is 12.2 Å². The number of ether oxygens (including phenoxy) is 1. The van der Waals surface area contributed by atoms with Crippen LogP contribution in [-0.4, -0.2) is 66.2 Å². The van der Waals surface area contributed by atoms with E-state index in [0.717, 1.165) is 4.13 Å². The Labute approximate surface area is 146 Å². The number of sulfonamides is 2. The van der Waals surface area contributed by atoms with Crippen LogP contribution in [0.4, 0.5) is 26.3 Å². The number of hydrogen-bond donors (Lipinski definition) is 0. The first-order chi connectivity index (χ1) is 11.0. The van der Waals surface area contributed by atoms with Gasteiger partial charge in [0.2, 0.25) is 6.73 Å². The van der Waals surface area contributed by atoms with E-state index in [-0.39, 0.29) is 5.97 Å². The predicted octanol–water partition coefficient (Wildman–Crippen LogP) is 1.83. The highest BCUT2D eigenvalue weighted by molar-refractivity contribution is 8.13. The van der Waals surface area contributed by atoms with Crippen molar-refractivity contribution < 1.29 is 57.2 Å².